The number of fused-ring (bicyclic) bond motifs is 1. The molecule has 7 heteroatoms. The molecule has 0 aliphatic rings. The Morgan fingerprint density at radius 2 is 1.62 bits per heavy atom. The second-order valence-corrected chi connectivity index (χ2v) is 8.61. The number of nitrogens with zero attached hydrogens (tertiary/aromatic N) is 2. The van der Waals surface area contributed by atoms with Crippen molar-refractivity contribution in [2.24, 2.45) is 0 Å². The maximum Gasteiger partial charge on any atom is 0.349 e. The molecule has 0 atom stereocenters. The maximum absolute atomic E-state index is 12.2. The maximum atomic E-state index is 12.2. The number of benzene rings is 2. The number of aryl methyl sites for hydroxylation is 3. The van der Waals surface area contributed by atoms with Crippen LogP contribution < -0.4 is 16.8 Å². The van der Waals surface area contributed by atoms with Crippen LogP contribution in [0.3, 0.4) is 0 Å². The van der Waals surface area contributed by atoms with E-state index in [0.29, 0.717) is 5.69 Å². The van der Waals surface area contributed by atoms with E-state index >= 15 is 0 Å². The highest BCUT2D eigenvalue weighted by Gasteiger charge is 2.13. The molecule has 0 amide bonds. The third-order valence-electron chi connectivity index (χ3n) is 5.86. The van der Waals surface area contributed by atoms with Gasteiger partial charge in [0.05, 0.1) is 5.69 Å². The van der Waals surface area contributed by atoms with Crippen LogP contribution >= 0.6 is 0 Å². The molecule has 164 valence electrons. The number of hydrogen-bond acceptors (Lipinski definition) is 4. The van der Waals surface area contributed by atoms with Gasteiger partial charge in [-0.1, -0.05) is 19.9 Å². The van der Waals surface area contributed by atoms with E-state index in [0.717, 1.165) is 45.1 Å². The summed E-state index contributed by atoms with van der Waals surface area (Å²) in [7, 11) is 0. The molecule has 2 heterocycles. The van der Waals surface area contributed by atoms with Crippen molar-refractivity contribution < 1.29 is 0 Å². The molecule has 0 fully saturated rings. The Balaban J connectivity index is 1.77. The Kier molecular flexibility index (Phi) is 5.42. The van der Waals surface area contributed by atoms with Crippen LogP contribution in [-0.4, -0.2) is 19.7 Å². The highest BCUT2D eigenvalue weighted by Crippen LogP contribution is 2.26. The minimum absolute atomic E-state index is 0.0856. The summed E-state index contributed by atoms with van der Waals surface area (Å²) in [5.41, 5.74) is 5.97. The van der Waals surface area contributed by atoms with Gasteiger partial charge in [0.15, 0.2) is 0 Å². The van der Waals surface area contributed by atoms with Crippen LogP contribution in [0.1, 0.15) is 53.3 Å². The Morgan fingerprint density at radius 3 is 2.28 bits per heavy atom. The molecule has 0 unspecified atom stereocenters. The predicted octanol–water partition coefficient (Wildman–Crippen LogP) is 3.40. The Morgan fingerprint density at radius 1 is 0.938 bits per heavy atom. The number of H-pyrrole nitrogens is 2. The van der Waals surface area contributed by atoms with Crippen LogP contribution in [0.2, 0.25) is 0 Å². The van der Waals surface area contributed by atoms with Crippen molar-refractivity contribution in [2.45, 2.75) is 47.0 Å². The SMILES string of the molecule is Cc1cc(-n2nc(C)c(=O)[nH]c2=O)cc(C)c1Cc1ccc2[nH]c(=O)cc(C(C)C)c2c1. The fourth-order valence-corrected chi connectivity index (χ4v) is 4.15. The molecule has 0 saturated carbocycles. The molecule has 2 N–H and O–H groups in total. The van der Waals surface area contributed by atoms with E-state index in [-0.39, 0.29) is 17.2 Å². The van der Waals surface area contributed by atoms with Gasteiger partial charge in [-0.05, 0) is 85.2 Å². The molecule has 4 rings (SSSR count). The molecule has 0 bridgehead atoms. The number of hydrogen-bond donors (Lipinski definition) is 2. The van der Waals surface area contributed by atoms with Crippen molar-refractivity contribution in [3.8, 4) is 5.69 Å². The fraction of sp³-hybridized carbons (Fsp3) is 0.280. The first-order chi connectivity index (χ1) is 15.1. The van der Waals surface area contributed by atoms with E-state index in [2.05, 4.69) is 35.0 Å². The first-order valence-corrected chi connectivity index (χ1v) is 10.6. The van der Waals surface area contributed by atoms with Gasteiger partial charge in [-0.2, -0.15) is 9.78 Å². The van der Waals surface area contributed by atoms with E-state index in [1.165, 1.54) is 4.68 Å². The number of aromatic amines is 2. The average Bonchev–Trinajstić information content (AvgIpc) is 2.72. The Labute approximate surface area is 184 Å². The zero-order chi connectivity index (χ0) is 23.2. The van der Waals surface area contributed by atoms with E-state index < -0.39 is 11.2 Å². The third kappa shape index (κ3) is 3.93. The summed E-state index contributed by atoms with van der Waals surface area (Å²) in [5, 5.41) is 5.20. The third-order valence-corrected chi connectivity index (χ3v) is 5.86. The molecule has 2 aromatic heterocycles. The Hall–Kier alpha value is -3.74. The van der Waals surface area contributed by atoms with Crippen molar-refractivity contribution in [1.82, 2.24) is 19.7 Å². The normalized spacial score (nSPS) is 11.4. The summed E-state index contributed by atoms with van der Waals surface area (Å²) in [6.07, 6.45) is 0.720. The van der Waals surface area contributed by atoms with Gasteiger partial charge in [0, 0.05) is 17.0 Å². The second-order valence-electron chi connectivity index (χ2n) is 8.61. The monoisotopic (exact) mass is 430 g/mol. The van der Waals surface area contributed by atoms with Gasteiger partial charge in [-0.15, -0.1) is 0 Å². The van der Waals surface area contributed by atoms with Gasteiger partial charge in [0.1, 0.15) is 5.69 Å². The lowest BCUT2D eigenvalue weighted by Crippen LogP contribution is -2.33. The number of aromatic nitrogens is 4. The minimum Gasteiger partial charge on any atom is -0.322 e. The van der Waals surface area contributed by atoms with E-state index in [1.807, 2.05) is 38.1 Å². The quantitative estimate of drug-likeness (QED) is 0.518. The summed E-state index contributed by atoms with van der Waals surface area (Å²) in [5.74, 6) is 0.240. The topological polar surface area (TPSA) is 101 Å². The largest absolute Gasteiger partial charge is 0.349 e. The van der Waals surface area contributed by atoms with Gasteiger partial charge < -0.3 is 4.98 Å². The highest BCUT2D eigenvalue weighted by atomic mass is 16.2. The number of nitrogens with one attached hydrogen (secondary N) is 2. The molecular weight excluding hydrogens is 404 g/mol. The van der Waals surface area contributed by atoms with Gasteiger partial charge in [-0.25, -0.2) is 4.79 Å². The van der Waals surface area contributed by atoms with Crippen LogP contribution in [0, 0.1) is 20.8 Å². The summed E-state index contributed by atoms with van der Waals surface area (Å²) in [4.78, 5) is 41.1. The fourth-order valence-electron chi connectivity index (χ4n) is 4.15. The summed E-state index contributed by atoms with van der Waals surface area (Å²) in [6.45, 7) is 9.76. The molecule has 0 radical (unpaired) electrons. The molecule has 0 spiro atoms. The lowest BCUT2D eigenvalue weighted by Gasteiger charge is -2.15. The summed E-state index contributed by atoms with van der Waals surface area (Å²) < 4.78 is 1.22. The Bertz CT molecular complexity index is 1500. The molecule has 4 aromatic rings. The van der Waals surface area contributed by atoms with E-state index in [9.17, 15) is 14.4 Å². The van der Waals surface area contributed by atoms with Crippen molar-refractivity contribution in [2.75, 3.05) is 0 Å². The molecule has 7 nitrogen and oxygen atoms in total. The molecule has 32 heavy (non-hydrogen) atoms. The summed E-state index contributed by atoms with van der Waals surface area (Å²) >= 11 is 0. The van der Waals surface area contributed by atoms with Gasteiger partial charge >= 0.3 is 5.69 Å². The number of pyridine rings is 1. The standard InChI is InChI=1S/C25H26N4O3/c1-13(2)19-12-23(30)26-22-7-6-17(11-21(19)22)10-20-14(3)8-18(9-15(20)4)29-25(32)27-24(31)16(5)28-29/h6-9,11-13H,10H2,1-5H3,(H,26,30)(H,27,31,32). The van der Waals surface area contributed by atoms with Crippen LogP contribution in [-0.2, 0) is 6.42 Å². The van der Waals surface area contributed by atoms with Crippen LogP contribution in [0.4, 0.5) is 0 Å². The molecule has 0 aliphatic carbocycles. The number of rotatable bonds is 4. The van der Waals surface area contributed by atoms with Crippen molar-refractivity contribution in [3.63, 3.8) is 0 Å². The average molecular weight is 431 g/mol. The van der Waals surface area contributed by atoms with E-state index in [1.54, 1.807) is 13.0 Å². The first-order valence-electron chi connectivity index (χ1n) is 10.6. The zero-order valence-electron chi connectivity index (χ0n) is 18.9. The highest BCUT2D eigenvalue weighted by molar-refractivity contribution is 5.83. The van der Waals surface area contributed by atoms with Crippen LogP contribution in [0.15, 0.2) is 50.8 Å². The second kappa shape index (κ2) is 8.07. The minimum atomic E-state index is -0.558. The van der Waals surface area contributed by atoms with Gasteiger partial charge in [0.2, 0.25) is 5.56 Å². The lowest BCUT2D eigenvalue weighted by atomic mass is 9.93. The van der Waals surface area contributed by atoms with Crippen molar-refractivity contribution in [3.05, 3.63) is 101 Å². The molecule has 2 aromatic carbocycles. The first kappa shape index (κ1) is 21.5. The van der Waals surface area contributed by atoms with Crippen LogP contribution in [0.5, 0.6) is 0 Å². The van der Waals surface area contributed by atoms with Gasteiger partial charge in [0.25, 0.3) is 5.56 Å². The predicted molar refractivity (Wildman–Crippen MR) is 126 cm³/mol. The van der Waals surface area contributed by atoms with Crippen molar-refractivity contribution in [1.29, 1.82) is 0 Å². The molecule has 0 saturated heterocycles. The lowest BCUT2D eigenvalue weighted by molar-refractivity contribution is 0.726. The van der Waals surface area contributed by atoms with Crippen LogP contribution in [0.25, 0.3) is 16.6 Å². The smallest absolute Gasteiger partial charge is 0.322 e. The van der Waals surface area contributed by atoms with Crippen molar-refractivity contribution >= 4 is 10.9 Å². The molecular formula is C25H26N4O3. The zero-order valence-corrected chi connectivity index (χ0v) is 18.9. The molecule has 0 aliphatic heterocycles. The van der Waals surface area contributed by atoms with Gasteiger partial charge in [-0.3, -0.25) is 14.6 Å². The van der Waals surface area contributed by atoms with E-state index in [4.69, 9.17) is 0 Å². The summed E-state index contributed by atoms with van der Waals surface area (Å²) in [6, 6.07) is 11.6.